The molecule has 1 aliphatic heterocycles. The van der Waals surface area contributed by atoms with Gasteiger partial charge in [0, 0.05) is 5.02 Å². The van der Waals surface area contributed by atoms with Gasteiger partial charge in [-0.2, -0.15) is 4.31 Å². The maximum Gasteiger partial charge on any atom is 0.261 e. The molecule has 0 N–H and O–H groups in total. The predicted molar refractivity (Wildman–Crippen MR) is 155 cm³/mol. The molecule has 0 bridgehead atoms. The zero-order chi connectivity index (χ0) is 27.0. The monoisotopic (exact) mass is 569 g/mol. The van der Waals surface area contributed by atoms with Crippen molar-refractivity contribution < 1.29 is 17.6 Å². The lowest BCUT2D eigenvalue weighted by Gasteiger charge is -2.46. The molecular weight excluding hydrogens is 534 g/mol. The molecule has 0 unspecified atom stereocenters. The number of morpholine rings is 1. The number of halogens is 1. The van der Waals surface area contributed by atoms with E-state index in [2.05, 4.69) is 69.3 Å². The molecule has 0 radical (unpaired) electrons. The first-order chi connectivity index (χ1) is 18.1. The van der Waals surface area contributed by atoms with Gasteiger partial charge in [0.25, 0.3) is 8.32 Å². The summed E-state index contributed by atoms with van der Waals surface area (Å²) >= 11 is 6.08. The lowest BCUT2D eigenvalue weighted by Crippen LogP contribution is -2.68. The summed E-state index contributed by atoms with van der Waals surface area (Å²) in [6.45, 7) is 7.65. The van der Waals surface area contributed by atoms with Crippen LogP contribution in [-0.2, 0) is 19.2 Å². The fourth-order valence-corrected chi connectivity index (χ4v) is 12.3. The molecule has 3 aromatic rings. The van der Waals surface area contributed by atoms with E-state index in [1.165, 1.54) is 10.4 Å². The van der Waals surface area contributed by atoms with E-state index < -0.39 is 24.4 Å². The Labute approximate surface area is 232 Å². The molecule has 1 aliphatic carbocycles. The van der Waals surface area contributed by atoms with Crippen molar-refractivity contribution in [2.45, 2.75) is 55.6 Å². The lowest BCUT2D eigenvalue weighted by molar-refractivity contribution is -0.0279. The van der Waals surface area contributed by atoms with Gasteiger partial charge in [-0.3, -0.25) is 0 Å². The topological polar surface area (TPSA) is 55.8 Å². The summed E-state index contributed by atoms with van der Waals surface area (Å²) in [5.74, 6) is 0.313. The molecule has 1 saturated heterocycles. The van der Waals surface area contributed by atoms with Crippen LogP contribution in [-0.4, -0.2) is 52.9 Å². The van der Waals surface area contributed by atoms with Gasteiger partial charge < -0.3 is 9.16 Å². The van der Waals surface area contributed by atoms with Gasteiger partial charge in [0.1, 0.15) is 0 Å². The van der Waals surface area contributed by atoms with E-state index in [-0.39, 0.29) is 22.6 Å². The Morgan fingerprint density at radius 1 is 0.895 bits per heavy atom. The van der Waals surface area contributed by atoms with Gasteiger partial charge >= 0.3 is 0 Å². The van der Waals surface area contributed by atoms with E-state index >= 15 is 0 Å². The first-order valence-electron chi connectivity index (χ1n) is 13.3. The first-order valence-corrected chi connectivity index (χ1v) is 17.0. The molecule has 1 heterocycles. The normalized spacial score (nSPS) is 21.4. The number of sulfonamides is 1. The minimum Gasteiger partial charge on any atom is -0.406 e. The highest BCUT2D eigenvalue weighted by Gasteiger charge is 2.52. The Morgan fingerprint density at radius 3 is 1.95 bits per heavy atom. The summed E-state index contributed by atoms with van der Waals surface area (Å²) in [4.78, 5) is 0.255. The van der Waals surface area contributed by atoms with Crippen molar-refractivity contribution in [3.05, 3.63) is 90.0 Å². The van der Waals surface area contributed by atoms with E-state index in [4.69, 9.17) is 20.8 Å². The van der Waals surface area contributed by atoms with Crippen molar-refractivity contribution in [2.24, 2.45) is 5.92 Å². The number of hydrogen-bond donors (Lipinski definition) is 0. The second kappa shape index (κ2) is 10.9. The smallest absolute Gasteiger partial charge is 0.261 e. The molecule has 2 atom stereocenters. The highest BCUT2D eigenvalue weighted by Crippen LogP contribution is 2.41. The van der Waals surface area contributed by atoms with E-state index in [0.29, 0.717) is 24.2 Å². The molecule has 202 valence electrons. The first kappa shape index (κ1) is 27.6. The molecule has 8 heteroatoms. The SMILES string of the molecule is CC(C)(C)[Si](OC[C@H]1COC[C@@H](C2CC2)N1S(=O)(=O)c1ccc(Cl)cc1)(c1ccccc1)c1ccccc1. The van der Waals surface area contributed by atoms with Crippen molar-refractivity contribution in [1.29, 1.82) is 0 Å². The predicted octanol–water partition coefficient (Wildman–Crippen LogP) is 5.08. The molecule has 5 rings (SSSR count). The molecule has 0 aromatic heterocycles. The largest absolute Gasteiger partial charge is 0.406 e. The molecular formula is C30H36ClNO4SSi. The van der Waals surface area contributed by atoms with Gasteiger partial charge in [0.2, 0.25) is 10.0 Å². The standard InChI is InChI=1S/C30H36ClNO4SSi/c1-30(2,3)38(27-10-6-4-7-11-27,28-12-8-5-9-13-28)36-21-25-20-35-22-29(23-14-15-23)32(25)37(33,34)26-18-16-24(31)17-19-26/h4-13,16-19,23,25,29H,14-15,20-22H2,1-3H3/t25-,29+/m1/s1. The van der Waals surface area contributed by atoms with E-state index in [1.807, 2.05) is 12.1 Å². The quantitative estimate of drug-likeness (QED) is 0.355. The fraction of sp³-hybridized carbons (Fsp3) is 0.400. The Bertz CT molecular complexity index is 1290. The van der Waals surface area contributed by atoms with Crippen LogP contribution >= 0.6 is 11.6 Å². The van der Waals surface area contributed by atoms with Gasteiger partial charge in [0.15, 0.2) is 0 Å². The summed E-state index contributed by atoms with van der Waals surface area (Å²) in [6, 6.07) is 26.7. The number of nitrogens with zero attached hydrogens (tertiary/aromatic N) is 1. The second-order valence-electron chi connectivity index (χ2n) is 11.4. The zero-order valence-electron chi connectivity index (χ0n) is 22.2. The highest BCUT2D eigenvalue weighted by atomic mass is 35.5. The summed E-state index contributed by atoms with van der Waals surface area (Å²) in [5.41, 5.74) is 0. The van der Waals surface area contributed by atoms with Gasteiger partial charge in [-0.25, -0.2) is 8.42 Å². The van der Waals surface area contributed by atoms with Crippen molar-refractivity contribution in [2.75, 3.05) is 19.8 Å². The third kappa shape index (κ3) is 5.25. The highest BCUT2D eigenvalue weighted by molar-refractivity contribution is 7.89. The summed E-state index contributed by atoms with van der Waals surface area (Å²) in [7, 11) is -6.62. The van der Waals surface area contributed by atoms with Crippen LogP contribution in [0.4, 0.5) is 0 Å². The number of hydrogen-bond acceptors (Lipinski definition) is 4. The minimum atomic E-state index is -3.78. The van der Waals surface area contributed by atoms with Crippen LogP contribution in [0.3, 0.4) is 0 Å². The molecule has 5 nitrogen and oxygen atoms in total. The van der Waals surface area contributed by atoms with Gasteiger partial charge in [-0.15, -0.1) is 0 Å². The van der Waals surface area contributed by atoms with Crippen LogP contribution in [0.15, 0.2) is 89.8 Å². The van der Waals surface area contributed by atoms with Gasteiger partial charge in [-0.1, -0.05) is 93.0 Å². The molecule has 1 saturated carbocycles. The van der Waals surface area contributed by atoms with Gasteiger partial charge in [-0.05, 0) is 58.4 Å². The summed E-state index contributed by atoms with van der Waals surface area (Å²) < 4.78 is 43.1. The average molecular weight is 570 g/mol. The number of ether oxygens (including phenoxy) is 1. The minimum absolute atomic E-state index is 0.197. The third-order valence-corrected chi connectivity index (χ3v) is 15.0. The Hall–Kier alpha value is -2.00. The van der Waals surface area contributed by atoms with Crippen LogP contribution in [0, 0.1) is 5.92 Å². The van der Waals surface area contributed by atoms with Crippen LogP contribution < -0.4 is 10.4 Å². The van der Waals surface area contributed by atoms with E-state index in [0.717, 1.165) is 12.8 Å². The van der Waals surface area contributed by atoms with Crippen molar-refractivity contribution in [3.63, 3.8) is 0 Å². The Morgan fingerprint density at radius 2 is 1.45 bits per heavy atom. The van der Waals surface area contributed by atoms with Crippen LogP contribution in [0.25, 0.3) is 0 Å². The average Bonchev–Trinajstić information content (AvgIpc) is 3.75. The third-order valence-electron chi connectivity index (χ3n) is 7.75. The molecule has 2 aliphatic rings. The van der Waals surface area contributed by atoms with Crippen LogP contribution in [0.2, 0.25) is 10.1 Å². The molecule has 0 amide bonds. The lowest BCUT2D eigenvalue weighted by atomic mass is 10.1. The van der Waals surface area contributed by atoms with Gasteiger partial charge in [0.05, 0.1) is 36.8 Å². The maximum atomic E-state index is 14.1. The van der Waals surface area contributed by atoms with Crippen LogP contribution in [0.5, 0.6) is 0 Å². The maximum absolute atomic E-state index is 14.1. The Balaban J connectivity index is 1.55. The van der Waals surface area contributed by atoms with Crippen molar-refractivity contribution in [3.8, 4) is 0 Å². The summed E-state index contributed by atoms with van der Waals surface area (Å²) in [6.07, 6.45) is 2.03. The molecule has 0 spiro atoms. The number of rotatable bonds is 8. The fourth-order valence-electron chi connectivity index (χ4n) is 5.77. The van der Waals surface area contributed by atoms with Crippen molar-refractivity contribution >= 4 is 40.3 Å². The summed E-state index contributed by atoms with van der Waals surface area (Å²) in [5, 5.41) is 2.64. The molecule has 2 fully saturated rings. The molecule has 3 aromatic carbocycles. The van der Waals surface area contributed by atoms with E-state index in [9.17, 15) is 8.42 Å². The Kier molecular flexibility index (Phi) is 7.88. The second-order valence-corrected chi connectivity index (χ2v) is 17.9. The van der Waals surface area contributed by atoms with E-state index in [1.54, 1.807) is 28.6 Å². The zero-order valence-corrected chi connectivity index (χ0v) is 24.8. The number of benzene rings is 3. The van der Waals surface area contributed by atoms with Crippen LogP contribution in [0.1, 0.15) is 33.6 Å². The molecule has 38 heavy (non-hydrogen) atoms. The van der Waals surface area contributed by atoms with Crippen molar-refractivity contribution in [1.82, 2.24) is 4.31 Å².